The zero-order valence-corrected chi connectivity index (χ0v) is 29.3. The average Bonchev–Trinajstić information content (AvgIpc) is 4.00. The molecule has 2 saturated heterocycles. The molecule has 10 heteroatoms. The fourth-order valence-electron chi connectivity index (χ4n) is 7.10. The Morgan fingerprint density at radius 3 is 1.98 bits per heavy atom. The number of imidazole rings is 2. The largest absolute Gasteiger partial charge is 0.445 e. The summed E-state index contributed by atoms with van der Waals surface area (Å²) in [6.07, 6.45) is 5.69. The van der Waals surface area contributed by atoms with Crippen molar-refractivity contribution < 1.29 is 19.1 Å². The molecule has 0 bridgehead atoms. The van der Waals surface area contributed by atoms with Gasteiger partial charge in [0.2, 0.25) is 0 Å². The molecule has 2 aliphatic rings. The lowest BCUT2D eigenvalue weighted by atomic mass is 10.0. The normalized spacial score (nSPS) is 17.0. The number of aromatic nitrogens is 4. The minimum absolute atomic E-state index is 0.150. The first-order chi connectivity index (χ1) is 26.1. The number of likely N-dealkylation sites (tertiary alicyclic amines) is 2. The highest BCUT2D eigenvalue weighted by Crippen LogP contribution is 2.33. The number of hydrogen-bond acceptors (Lipinski definition) is 6. The lowest BCUT2D eigenvalue weighted by molar-refractivity contribution is 0.0661. The number of carbonyl (C=O) groups excluding carboxylic acids is 2. The van der Waals surface area contributed by atoms with Crippen LogP contribution in [0.1, 0.15) is 78.1 Å². The van der Waals surface area contributed by atoms with Gasteiger partial charge in [0, 0.05) is 24.2 Å². The molecule has 2 aromatic heterocycles. The van der Waals surface area contributed by atoms with Crippen molar-refractivity contribution >= 4 is 23.2 Å². The van der Waals surface area contributed by atoms with E-state index in [-0.39, 0.29) is 37.5 Å². The molecular formula is C43H40N6O4. The van der Waals surface area contributed by atoms with E-state index >= 15 is 0 Å². The molecule has 266 valence electrons. The first-order valence-electron chi connectivity index (χ1n) is 18.2. The topological polar surface area (TPSA) is 116 Å². The third kappa shape index (κ3) is 7.80. The van der Waals surface area contributed by atoms with Gasteiger partial charge in [-0.05, 0) is 79.1 Å². The summed E-state index contributed by atoms with van der Waals surface area (Å²) in [5, 5.41) is 0. The number of benzene rings is 4. The highest BCUT2D eigenvalue weighted by Gasteiger charge is 2.33. The Labute approximate surface area is 308 Å². The first kappa shape index (κ1) is 33.8. The smallest absolute Gasteiger partial charge is 0.410 e. The van der Waals surface area contributed by atoms with Gasteiger partial charge in [-0.2, -0.15) is 0 Å². The van der Waals surface area contributed by atoms with E-state index < -0.39 is 0 Å². The van der Waals surface area contributed by atoms with E-state index in [0.29, 0.717) is 13.1 Å². The summed E-state index contributed by atoms with van der Waals surface area (Å²) >= 11 is 0. The molecule has 0 saturated carbocycles. The van der Waals surface area contributed by atoms with Gasteiger partial charge < -0.3 is 19.4 Å². The number of H-pyrrole nitrogens is 2. The molecule has 8 rings (SSSR count). The van der Waals surface area contributed by atoms with Crippen molar-refractivity contribution in [2.75, 3.05) is 13.1 Å². The maximum absolute atomic E-state index is 13.1. The van der Waals surface area contributed by atoms with E-state index in [0.717, 1.165) is 88.3 Å². The van der Waals surface area contributed by atoms with Crippen LogP contribution in [0.3, 0.4) is 0 Å². The van der Waals surface area contributed by atoms with Gasteiger partial charge in [-0.1, -0.05) is 84.6 Å². The summed E-state index contributed by atoms with van der Waals surface area (Å²) in [5.74, 6) is 8.09. The monoisotopic (exact) mass is 704 g/mol. The van der Waals surface area contributed by atoms with Crippen molar-refractivity contribution in [3.05, 3.63) is 143 Å². The number of hydrogen-bond donors (Lipinski definition) is 2. The predicted octanol–water partition coefficient (Wildman–Crippen LogP) is 8.69. The predicted molar refractivity (Wildman–Crippen MR) is 201 cm³/mol. The summed E-state index contributed by atoms with van der Waals surface area (Å²) in [7, 11) is 0. The summed E-state index contributed by atoms with van der Waals surface area (Å²) < 4.78 is 11.3. The van der Waals surface area contributed by atoms with Crippen molar-refractivity contribution in [2.45, 2.75) is 57.4 Å². The van der Waals surface area contributed by atoms with Crippen LogP contribution in [0.2, 0.25) is 0 Å². The zero-order valence-electron chi connectivity index (χ0n) is 29.3. The maximum Gasteiger partial charge on any atom is 0.410 e. The summed E-state index contributed by atoms with van der Waals surface area (Å²) in [5.41, 5.74) is 7.24. The van der Waals surface area contributed by atoms with Crippen molar-refractivity contribution in [2.24, 2.45) is 0 Å². The SMILES string of the molecule is O=C(OCc1ccccc1)N1CCCC1c1ncc(-c2ccc(C#Cc3ccc4nc(C5CCCCN5C(=O)OCc5ccccc5)[nH]c4c3)cc2)[nH]1. The molecule has 10 nitrogen and oxygen atoms in total. The lowest BCUT2D eigenvalue weighted by Crippen LogP contribution is -2.39. The minimum Gasteiger partial charge on any atom is -0.445 e. The lowest BCUT2D eigenvalue weighted by Gasteiger charge is -2.33. The minimum atomic E-state index is -0.322. The Bertz CT molecular complexity index is 2250. The second-order valence-corrected chi connectivity index (χ2v) is 13.5. The van der Waals surface area contributed by atoms with Crippen LogP contribution in [-0.4, -0.2) is 55.0 Å². The molecule has 4 heterocycles. The number of fused-ring (bicyclic) bond motifs is 1. The number of aromatic amines is 2. The Morgan fingerprint density at radius 2 is 1.28 bits per heavy atom. The van der Waals surface area contributed by atoms with E-state index in [1.165, 1.54) is 0 Å². The second-order valence-electron chi connectivity index (χ2n) is 13.5. The van der Waals surface area contributed by atoms with Crippen LogP contribution < -0.4 is 0 Å². The number of nitrogens with zero attached hydrogens (tertiary/aromatic N) is 4. The highest BCUT2D eigenvalue weighted by molar-refractivity contribution is 5.77. The van der Waals surface area contributed by atoms with Crippen LogP contribution in [0.5, 0.6) is 0 Å². The summed E-state index contributed by atoms with van der Waals surface area (Å²) in [6, 6.07) is 33.1. The fraction of sp³-hybridized carbons (Fsp3) is 0.256. The molecule has 4 aromatic carbocycles. The van der Waals surface area contributed by atoms with Gasteiger partial charge in [0.05, 0.1) is 35.0 Å². The van der Waals surface area contributed by atoms with Gasteiger partial charge in [-0.3, -0.25) is 9.80 Å². The van der Waals surface area contributed by atoms with E-state index in [9.17, 15) is 9.59 Å². The molecule has 0 radical (unpaired) electrons. The van der Waals surface area contributed by atoms with Crippen LogP contribution in [0.15, 0.2) is 109 Å². The van der Waals surface area contributed by atoms with Gasteiger partial charge in [0.1, 0.15) is 24.9 Å². The van der Waals surface area contributed by atoms with E-state index in [4.69, 9.17) is 14.5 Å². The van der Waals surface area contributed by atoms with E-state index in [1.54, 1.807) is 9.80 Å². The molecule has 2 atom stereocenters. The number of rotatable bonds is 7. The number of ether oxygens (including phenoxy) is 2. The number of piperidine rings is 1. The molecule has 0 spiro atoms. The second kappa shape index (κ2) is 15.5. The Morgan fingerprint density at radius 1 is 0.679 bits per heavy atom. The average molecular weight is 705 g/mol. The molecular weight excluding hydrogens is 665 g/mol. The quantitative estimate of drug-likeness (QED) is 0.161. The van der Waals surface area contributed by atoms with Gasteiger partial charge in [0.15, 0.2) is 0 Å². The Balaban J connectivity index is 0.903. The van der Waals surface area contributed by atoms with Gasteiger partial charge in [-0.15, -0.1) is 0 Å². The zero-order chi connectivity index (χ0) is 36.0. The molecule has 0 aliphatic carbocycles. The number of carbonyl (C=O) groups is 2. The van der Waals surface area contributed by atoms with Crippen LogP contribution >= 0.6 is 0 Å². The Hall–Kier alpha value is -6.34. The van der Waals surface area contributed by atoms with E-state index in [2.05, 4.69) is 26.8 Å². The van der Waals surface area contributed by atoms with Crippen LogP contribution in [-0.2, 0) is 22.7 Å². The molecule has 53 heavy (non-hydrogen) atoms. The van der Waals surface area contributed by atoms with Crippen molar-refractivity contribution in [1.82, 2.24) is 29.7 Å². The standard InChI is InChI=1S/C43H40N6O4/c50-42(52-28-32-10-3-1-4-11-32)48-24-8-7-14-39(48)41-45-35-23-20-31(26-36(35)46-41)17-16-30-18-21-34(22-19-30)37-27-44-40(47-37)38-15-9-25-49(38)43(51)53-29-33-12-5-2-6-13-33/h1-6,10-13,18-23,26-27,38-39H,7-9,14-15,24-25,28-29H2,(H,44,47)(H,45,46). The van der Waals surface area contributed by atoms with Crippen molar-refractivity contribution in [3.63, 3.8) is 0 Å². The molecule has 2 N–H and O–H groups in total. The molecule has 2 unspecified atom stereocenters. The third-order valence-corrected chi connectivity index (χ3v) is 9.91. The summed E-state index contributed by atoms with van der Waals surface area (Å²) in [4.78, 5) is 46.0. The highest BCUT2D eigenvalue weighted by atomic mass is 16.6. The first-order valence-corrected chi connectivity index (χ1v) is 18.2. The molecule has 6 aromatic rings. The van der Waals surface area contributed by atoms with Crippen LogP contribution in [0, 0.1) is 11.8 Å². The number of nitrogens with one attached hydrogen (secondary N) is 2. The fourth-order valence-corrected chi connectivity index (χ4v) is 7.10. The van der Waals surface area contributed by atoms with Crippen LogP contribution in [0.4, 0.5) is 9.59 Å². The maximum atomic E-state index is 13.1. The van der Waals surface area contributed by atoms with Gasteiger partial charge >= 0.3 is 12.2 Å². The third-order valence-electron chi connectivity index (χ3n) is 9.91. The van der Waals surface area contributed by atoms with Gasteiger partial charge in [-0.25, -0.2) is 19.6 Å². The molecule has 2 fully saturated rings. The van der Waals surface area contributed by atoms with E-state index in [1.807, 2.05) is 109 Å². The van der Waals surface area contributed by atoms with Gasteiger partial charge in [0.25, 0.3) is 0 Å². The molecule has 2 amide bonds. The number of amides is 2. The summed E-state index contributed by atoms with van der Waals surface area (Å²) in [6.45, 7) is 1.76. The van der Waals surface area contributed by atoms with Crippen molar-refractivity contribution in [1.29, 1.82) is 0 Å². The molecule has 2 aliphatic heterocycles. The van der Waals surface area contributed by atoms with Crippen LogP contribution in [0.25, 0.3) is 22.3 Å². The van der Waals surface area contributed by atoms with Crippen molar-refractivity contribution in [3.8, 4) is 23.1 Å². The Kier molecular flexibility index (Phi) is 9.88.